The Kier molecular flexibility index (Phi) is 3.74. The summed E-state index contributed by atoms with van der Waals surface area (Å²) in [6.07, 6.45) is 0. The first kappa shape index (κ1) is 13.4. The third-order valence-corrected chi connectivity index (χ3v) is 2.67. The molecule has 5 heteroatoms. The average Bonchev–Trinajstić information content (AvgIpc) is 2.44. The molecule has 100 valence electrons. The SMILES string of the molecule is Cc1c(F)c(F)c(OCc2ccccc2)c(F)c1F. The second-order valence-corrected chi connectivity index (χ2v) is 3.98. The van der Waals surface area contributed by atoms with Crippen LogP contribution in [0.2, 0.25) is 0 Å². The molecule has 2 aromatic rings. The first-order chi connectivity index (χ1) is 9.02. The molecule has 0 radical (unpaired) electrons. The number of hydrogen-bond donors (Lipinski definition) is 0. The fraction of sp³-hybridized carbons (Fsp3) is 0.143. The van der Waals surface area contributed by atoms with Crippen LogP contribution in [0.4, 0.5) is 17.6 Å². The monoisotopic (exact) mass is 270 g/mol. The van der Waals surface area contributed by atoms with E-state index in [1.54, 1.807) is 30.3 Å². The van der Waals surface area contributed by atoms with Crippen LogP contribution in [0.5, 0.6) is 5.75 Å². The Balaban J connectivity index is 2.31. The van der Waals surface area contributed by atoms with Gasteiger partial charge in [0, 0.05) is 5.56 Å². The molecule has 0 fully saturated rings. The van der Waals surface area contributed by atoms with Gasteiger partial charge in [0.2, 0.25) is 11.6 Å². The van der Waals surface area contributed by atoms with Crippen LogP contribution in [0.1, 0.15) is 11.1 Å². The minimum absolute atomic E-state index is 0.184. The van der Waals surface area contributed by atoms with Crippen LogP contribution in [-0.2, 0) is 6.61 Å². The molecule has 0 bridgehead atoms. The molecule has 1 nitrogen and oxygen atoms in total. The average molecular weight is 270 g/mol. The molecule has 19 heavy (non-hydrogen) atoms. The summed E-state index contributed by atoms with van der Waals surface area (Å²) >= 11 is 0. The lowest BCUT2D eigenvalue weighted by Crippen LogP contribution is -2.06. The maximum Gasteiger partial charge on any atom is 0.204 e. The van der Waals surface area contributed by atoms with Crippen molar-refractivity contribution < 1.29 is 22.3 Å². The van der Waals surface area contributed by atoms with E-state index in [0.29, 0.717) is 5.56 Å². The molecule has 0 aromatic heterocycles. The predicted octanol–water partition coefficient (Wildman–Crippen LogP) is 4.13. The molecule has 0 unspecified atom stereocenters. The number of ether oxygens (including phenoxy) is 1. The highest BCUT2D eigenvalue weighted by atomic mass is 19.2. The van der Waals surface area contributed by atoms with Gasteiger partial charge < -0.3 is 4.74 Å². The van der Waals surface area contributed by atoms with Crippen LogP contribution in [0.25, 0.3) is 0 Å². The maximum atomic E-state index is 13.5. The Morgan fingerprint density at radius 3 is 1.89 bits per heavy atom. The van der Waals surface area contributed by atoms with Crippen LogP contribution < -0.4 is 4.74 Å². The molecule has 0 N–H and O–H groups in total. The maximum absolute atomic E-state index is 13.5. The van der Waals surface area contributed by atoms with E-state index < -0.39 is 34.6 Å². The van der Waals surface area contributed by atoms with E-state index in [2.05, 4.69) is 0 Å². The van der Waals surface area contributed by atoms with Gasteiger partial charge in [0.15, 0.2) is 17.4 Å². The molecule has 0 atom stereocenters. The summed E-state index contributed by atoms with van der Waals surface area (Å²) in [5.41, 5.74) is -0.0789. The minimum Gasteiger partial charge on any atom is -0.483 e. The number of benzene rings is 2. The summed E-state index contributed by atoms with van der Waals surface area (Å²) in [4.78, 5) is 0. The van der Waals surface area contributed by atoms with E-state index in [1.165, 1.54) is 0 Å². The predicted molar refractivity (Wildman–Crippen MR) is 61.8 cm³/mol. The van der Waals surface area contributed by atoms with Crippen molar-refractivity contribution >= 4 is 0 Å². The summed E-state index contributed by atoms with van der Waals surface area (Å²) in [5.74, 6) is -6.96. The molecule has 0 aliphatic carbocycles. The fourth-order valence-corrected chi connectivity index (χ4v) is 1.58. The van der Waals surface area contributed by atoms with Crippen molar-refractivity contribution in [3.8, 4) is 5.75 Å². The van der Waals surface area contributed by atoms with E-state index in [1.807, 2.05) is 0 Å². The second kappa shape index (κ2) is 5.30. The second-order valence-electron chi connectivity index (χ2n) is 3.98. The lowest BCUT2D eigenvalue weighted by Gasteiger charge is -2.11. The lowest BCUT2D eigenvalue weighted by atomic mass is 10.2. The van der Waals surface area contributed by atoms with Gasteiger partial charge in [0.1, 0.15) is 6.61 Å². The first-order valence-electron chi connectivity index (χ1n) is 5.51. The van der Waals surface area contributed by atoms with E-state index in [0.717, 1.165) is 6.92 Å². The van der Waals surface area contributed by atoms with Crippen molar-refractivity contribution in [3.05, 3.63) is 64.7 Å². The van der Waals surface area contributed by atoms with E-state index in [-0.39, 0.29) is 6.61 Å². The van der Waals surface area contributed by atoms with Gasteiger partial charge in [-0.05, 0) is 12.5 Å². The smallest absolute Gasteiger partial charge is 0.204 e. The summed E-state index contributed by atoms with van der Waals surface area (Å²) in [6.45, 7) is 0.772. The zero-order valence-electron chi connectivity index (χ0n) is 10.0. The van der Waals surface area contributed by atoms with Crippen molar-refractivity contribution in [2.24, 2.45) is 0 Å². The topological polar surface area (TPSA) is 9.23 Å². The zero-order valence-corrected chi connectivity index (χ0v) is 10.0. The zero-order chi connectivity index (χ0) is 14.0. The quantitative estimate of drug-likeness (QED) is 0.602. The highest BCUT2D eigenvalue weighted by molar-refractivity contribution is 5.34. The summed E-state index contributed by atoms with van der Waals surface area (Å²) in [7, 11) is 0. The Hall–Kier alpha value is -2.04. The van der Waals surface area contributed by atoms with Gasteiger partial charge in [-0.25, -0.2) is 8.78 Å². The highest BCUT2D eigenvalue weighted by Crippen LogP contribution is 2.30. The van der Waals surface area contributed by atoms with Crippen molar-refractivity contribution in [1.29, 1.82) is 0 Å². The molecule has 2 aromatic carbocycles. The molecule has 0 heterocycles. The Labute approximate surface area is 107 Å². The third kappa shape index (κ3) is 2.54. The van der Waals surface area contributed by atoms with Crippen LogP contribution in [-0.4, -0.2) is 0 Å². The number of rotatable bonds is 3. The Morgan fingerprint density at radius 1 is 0.842 bits per heavy atom. The van der Waals surface area contributed by atoms with Crippen molar-refractivity contribution in [2.45, 2.75) is 13.5 Å². The largest absolute Gasteiger partial charge is 0.483 e. The van der Waals surface area contributed by atoms with E-state index >= 15 is 0 Å². The van der Waals surface area contributed by atoms with Gasteiger partial charge in [0.05, 0.1) is 0 Å². The molecule has 0 spiro atoms. The fourth-order valence-electron chi connectivity index (χ4n) is 1.58. The summed E-state index contributed by atoms with van der Waals surface area (Å²) < 4.78 is 58.4. The van der Waals surface area contributed by atoms with Crippen LogP contribution in [0, 0.1) is 30.2 Å². The normalized spacial score (nSPS) is 10.6. The molecule has 0 aliphatic rings. The van der Waals surface area contributed by atoms with Gasteiger partial charge in [-0.1, -0.05) is 30.3 Å². The standard InChI is InChI=1S/C14H10F4O/c1-8-10(15)12(17)14(13(18)11(8)16)19-7-9-5-3-2-4-6-9/h2-6H,7H2,1H3. The molecular formula is C14H10F4O. The van der Waals surface area contributed by atoms with Crippen LogP contribution >= 0.6 is 0 Å². The number of hydrogen-bond acceptors (Lipinski definition) is 1. The minimum atomic E-state index is -1.52. The van der Waals surface area contributed by atoms with Gasteiger partial charge in [-0.15, -0.1) is 0 Å². The molecule has 0 aliphatic heterocycles. The lowest BCUT2D eigenvalue weighted by molar-refractivity contribution is 0.260. The molecule has 0 amide bonds. The van der Waals surface area contributed by atoms with E-state index in [4.69, 9.17) is 4.74 Å². The summed E-state index contributed by atoms with van der Waals surface area (Å²) in [6, 6.07) is 8.51. The Bertz CT molecular complexity index is 567. The van der Waals surface area contributed by atoms with Crippen LogP contribution in [0.15, 0.2) is 30.3 Å². The Morgan fingerprint density at radius 2 is 1.37 bits per heavy atom. The van der Waals surface area contributed by atoms with Gasteiger partial charge >= 0.3 is 0 Å². The van der Waals surface area contributed by atoms with Crippen LogP contribution in [0.3, 0.4) is 0 Å². The first-order valence-corrected chi connectivity index (χ1v) is 5.51. The van der Waals surface area contributed by atoms with Gasteiger partial charge in [-0.2, -0.15) is 8.78 Å². The molecule has 0 saturated heterocycles. The molecular weight excluding hydrogens is 260 g/mol. The molecule has 0 saturated carbocycles. The van der Waals surface area contributed by atoms with Crippen molar-refractivity contribution in [2.75, 3.05) is 0 Å². The highest BCUT2D eigenvalue weighted by Gasteiger charge is 2.24. The van der Waals surface area contributed by atoms with E-state index in [9.17, 15) is 17.6 Å². The van der Waals surface area contributed by atoms with Gasteiger partial charge in [-0.3, -0.25) is 0 Å². The summed E-state index contributed by atoms with van der Waals surface area (Å²) in [5, 5.41) is 0. The molecule has 2 rings (SSSR count). The number of halogens is 4. The van der Waals surface area contributed by atoms with Gasteiger partial charge in [0.25, 0.3) is 0 Å². The van der Waals surface area contributed by atoms with Crippen molar-refractivity contribution in [3.63, 3.8) is 0 Å². The third-order valence-electron chi connectivity index (χ3n) is 2.67. The van der Waals surface area contributed by atoms with Crippen molar-refractivity contribution in [1.82, 2.24) is 0 Å².